The van der Waals surface area contributed by atoms with E-state index >= 15 is 0 Å². The quantitative estimate of drug-likeness (QED) is 0.853. The van der Waals surface area contributed by atoms with Gasteiger partial charge in [-0.15, -0.1) is 0 Å². The van der Waals surface area contributed by atoms with Gasteiger partial charge in [-0.25, -0.2) is 0 Å². The second-order valence-corrected chi connectivity index (χ2v) is 4.95. The Labute approximate surface area is 112 Å². The molecular weight excluding hydrogens is 250 g/mol. The Morgan fingerprint density at radius 3 is 2.83 bits per heavy atom. The van der Waals surface area contributed by atoms with E-state index in [-0.39, 0.29) is 5.78 Å². The summed E-state index contributed by atoms with van der Waals surface area (Å²) < 4.78 is 5.33. The molecule has 18 heavy (non-hydrogen) atoms. The molecule has 1 N–H and O–H groups in total. The lowest BCUT2D eigenvalue weighted by atomic mass is 9.89. The summed E-state index contributed by atoms with van der Waals surface area (Å²) in [7, 11) is 3.32. The highest BCUT2D eigenvalue weighted by Gasteiger charge is 2.22. The summed E-state index contributed by atoms with van der Waals surface area (Å²) in [5.74, 6) is 0.544. The maximum absolute atomic E-state index is 12.1. The van der Waals surface area contributed by atoms with Gasteiger partial charge >= 0.3 is 0 Å². The first kappa shape index (κ1) is 13.4. The standard InChI is InChI=1S/C14H18ClNO2/c1-16-8-12(17)11-7-9-5-3-4-6-10(9)13(15)14(11)18-2/h7,16H,3-6,8H2,1-2H3. The van der Waals surface area contributed by atoms with E-state index in [0.29, 0.717) is 22.9 Å². The average Bonchev–Trinajstić information content (AvgIpc) is 2.39. The second-order valence-electron chi connectivity index (χ2n) is 4.57. The zero-order valence-corrected chi connectivity index (χ0v) is 11.6. The van der Waals surface area contributed by atoms with Gasteiger partial charge in [0, 0.05) is 0 Å². The Balaban J connectivity index is 2.52. The van der Waals surface area contributed by atoms with Gasteiger partial charge in [0.15, 0.2) is 5.78 Å². The highest BCUT2D eigenvalue weighted by atomic mass is 35.5. The Bertz CT molecular complexity index is 471. The number of aryl methyl sites for hydroxylation is 1. The van der Waals surface area contributed by atoms with Crippen LogP contribution in [-0.4, -0.2) is 26.5 Å². The van der Waals surface area contributed by atoms with Gasteiger partial charge in [0.05, 0.1) is 24.2 Å². The molecule has 0 fully saturated rings. The maximum Gasteiger partial charge on any atom is 0.180 e. The number of ketones is 1. The number of benzene rings is 1. The topological polar surface area (TPSA) is 38.3 Å². The van der Waals surface area contributed by atoms with Gasteiger partial charge in [-0.2, -0.15) is 0 Å². The first-order valence-electron chi connectivity index (χ1n) is 6.25. The number of carbonyl (C=O) groups is 1. The monoisotopic (exact) mass is 267 g/mol. The summed E-state index contributed by atoms with van der Waals surface area (Å²) in [6, 6.07) is 1.96. The van der Waals surface area contributed by atoms with Crippen molar-refractivity contribution < 1.29 is 9.53 Å². The lowest BCUT2D eigenvalue weighted by Gasteiger charge is -2.21. The number of halogens is 1. The lowest BCUT2D eigenvalue weighted by molar-refractivity contribution is 0.0990. The molecule has 1 aliphatic rings. The summed E-state index contributed by atoms with van der Waals surface area (Å²) in [6.45, 7) is 0.297. The molecule has 3 nitrogen and oxygen atoms in total. The summed E-state index contributed by atoms with van der Waals surface area (Å²) in [6.07, 6.45) is 4.29. The van der Waals surface area contributed by atoms with Gasteiger partial charge in [-0.3, -0.25) is 4.79 Å². The Hall–Kier alpha value is -1.06. The third-order valence-electron chi connectivity index (χ3n) is 3.38. The molecule has 0 spiro atoms. The number of methoxy groups -OCH3 is 1. The minimum Gasteiger partial charge on any atom is -0.494 e. The van der Waals surface area contributed by atoms with Gasteiger partial charge in [0.25, 0.3) is 0 Å². The lowest BCUT2D eigenvalue weighted by Crippen LogP contribution is -2.20. The largest absolute Gasteiger partial charge is 0.494 e. The Morgan fingerprint density at radius 2 is 2.17 bits per heavy atom. The molecule has 0 unspecified atom stereocenters. The van der Waals surface area contributed by atoms with Crippen LogP contribution in [0.2, 0.25) is 5.02 Å². The number of hydrogen-bond acceptors (Lipinski definition) is 3. The van der Waals surface area contributed by atoms with Crippen LogP contribution in [0.3, 0.4) is 0 Å². The van der Waals surface area contributed by atoms with Crippen LogP contribution in [-0.2, 0) is 12.8 Å². The van der Waals surface area contributed by atoms with E-state index in [1.54, 1.807) is 14.2 Å². The summed E-state index contributed by atoms with van der Waals surface area (Å²) >= 11 is 6.38. The van der Waals surface area contributed by atoms with E-state index in [0.717, 1.165) is 31.2 Å². The van der Waals surface area contributed by atoms with Gasteiger partial charge in [-0.05, 0) is 49.9 Å². The fraction of sp³-hybridized carbons (Fsp3) is 0.500. The van der Waals surface area contributed by atoms with E-state index in [4.69, 9.17) is 16.3 Å². The summed E-state index contributed by atoms with van der Waals surface area (Å²) in [5.41, 5.74) is 2.95. The van der Waals surface area contributed by atoms with Crippen LogP contribution < -0.4 is 10.1 Å². The van der Waals surface area contributed by atoms with Crippen molar-refractivity contribution in [3.05, 3.63) is 27.8 Å². The van der Waals surface area contributed by atoms with Crippen LogP contribution >= 0.6 is 11.6 Å². The Kier molecular flexibility index (Phi) is 4.25. The van der Waals surface area contributed by atoms with E-state index in [1.807, 2.05) is 6.07 Å². The van der Waals surface area contributed by atoms with Crippen LogP contribution in [0.4, 0.5) is 0 Å². The Morgan fingerprint density at radius 1 is 1.44 bits per heavy atom. The minimum atomic E-state index is 0.0182. The van der Waals surface area contributed by atoms with Gasteiger partial charge in [-0.1, -0.05) is 11.6 Å². The van der Waals surface area contributed by atoms with Crippen molar-refractivity contribution in [1.29, 1.82) is 0 Å². The number of hydrogen-bond donors (Lipinski definition) is 1. The molecule has 1 aromatic rings. The number of rotatable bonds is 4. The second kappa shape index (κ2) is 5.72. The van der Waals surface area contributed by atoms with Crippen molar-refractivity contribution in [2.45, 2.75) is 25.7 Å². The van der Waals surface area contributed by atoms with E-state index < -0.39 is 0 Å². The predicted molar refractivity (Wildman–Crippen MR) is 72.9 cm³/mol. The van der Waals surface area contributed by atoms with E-state index in [1.165, 1.54) is 5.56 Å². The smallest absolute Gasteiger partial charge is 0.180 e. The molecular formula is C14H18ClNO2. The molecule has 98 valence electrons. The van der Waals surface area contributed by atoms with Crippen molar-refractivity contribution in [3.63, 3.8) is 0 Å². The third-order valence-corrected chi connectivity index (χ3v) is 3.78. The van der Waals surface area contributed by atoms with Crippen molar-refractivity contribution >= 4 is 17.4 Å². The molecule has 0 aromatic heterocycles. The molecule has 1 aliphatic carbocycles. The molecule has 1 aromatic carbocycles. The number of carbonyl (C=O) groups excluding carboxylic acids is 1. The average molecular weight is 268 g/mol. The molecule has 0 saturated carbocycles. The number of nitrogens with one attached hydrogen (secondary N) is 1. The predicted octanol–water partition coefficient (Wildman–Crippen LogP) is 2.63. The first-order chi connectivity index (χ1) is 8.69. The third kappa shape index (κ3) is 2.38. The summed E-state index contributed by atoms with van der Waals surface area (Å²) in [5, 5.41) is 3.49. The SMILES string of the molecule is CNCC(=O)c1cc2c(c(Cl)c1OC)CCCC2. The van der Waals surface area contributed by atoms with Crippen molar-refractivity contribution in [2.75, 3.05) is 20.7 Å². The zero-order chi connectivity index (χ0) is 13.1. The van der Waals surface area contributed by atoms with Crippen molar-refractivity contribution in [3.8, 4) is 5.75 Å². The molecule has 0 radical (unpaired) electrons. The normalized spacial score (nSPS) is 14.2. The minimum absolute atomic E-state index is 0.0182. The first-order valence-corrected chi connectivity index (χ1v) is 6.63. The molecule has 0 amide bonds. The van der Waals surface area contributed by atoms with E-state index in [2.05, 4.69) is 5.32 Å². The molecule has 0 saturated heterocycles. The van der Waals surface area contributed by atoms with Crippen LogP contribution in [0.5, 0.6) is 5.75 Å². The number of Topliss-reactive ketones (excluding diaryl/α,β-unsaturated/α-hetero) is 1. The van der Waals surface area contributed by atoms with E-state index in [9.17, 15) is 4.79 Å². The molecule has 0 bridgehead atoms. The number of likely N-dealkylation sites (N-methyl/N-ethyl adjacent to an activating group) is 1. The van der Waals surface area contributed by atoms with Crippen LogP contribution in [0.1, 0.15) is 34.3 Å². The molecule has 4 heteroatoms. The molecule has 0 aliphatic heterocycles. The fourth-order valence-corrected chi connectivity index (χ4v) is 2.89. The summed E-state index contributed by atoms with van der Waals surface area (Å²) in [4.78, 5) is 12.1. The molecule has 0 heterocycles. The van der Waals surface area contributed by atoms with Crippen LogP contribution in [0, 0.1) is 0 Å². The molecule has 2 rings (SSSR count). The molecule has 0 atom stereocenters. The van der Waals surface area contributed by atoms with Crippen LogP contribution in [0.25, 0.3) is 0 Å². The number of fused-ring (bicyclic) bond motifs is 1. The zero-order valence-electron chi connectivity index (χ0n) is 10.8. The highest BCUT2D eigenvalue weighted by molar-refractivity contribution is 6.33. The maximum atomic E-state index is 12.1. The van der Waals surface area contributed by atoms with Crippen LogP contribution in [0.15, 0.2) is 6.07 Å². The van der Waals surface area contributed by atoms with Crippen molar-refractivity contribution in [2.24, 2.45) is 0 Å². The number of ether oxygens (including phenoxy) is 1. The van der Waals surface area contributed by atoms with Gasteiger partial charge < -0.3 is 10.1 Å². The van der Waals surface area contributed by atoms with Gasteiger partial charge in [0.2, 0.25) is 0 Å². The van der Waals surface area contributed by atoms with Crippen molar-refractivity contribution in [1.82, 2.24) is 5.32 Å². The fourth-order valence-electron chi connectivity index (χ4n) is 2.50. The highest BCUT2D eigenvalue weighted by Crippen LogP contribution is 2.38. The van der Waals surface area contributed by atoms with Gasteiger partial charge in [0.1, 0.15) is 5.75 Å².